The summed E-state index contributed by atoms with van der Waals surface area (Å²) < 4.78 is 15.1. The van der Waals surface area contributed by atoms with Crippen LogP contribution in [-0.2, 0) is 4.74 Å². The quantitative estimate of drug-likeness (QED) is 0.859. The van der Waals surface area contributed by atoms with Gasteiger partial charge in [-0.05, 0) is 24.3 Å². The number of benzene rings is 2. The number of amides is 1. The first-order valence-corrected chi connectivity index (χ1v) is 6.81. The molecule has 1 N–H and O–H groups in total. The standard InChI is InChI=1S/C17H17NO5/c1-21-11-8-9-15(22-2)14(10-11)18-16(19)12-6-4-5-7-13(12)17(20)23-3/h4-10H,1-3H3,(H,18,19). The predicted octanol–water partition coefficient (Wildman–Crippen LogP) is 2.74. The Balaban J connectivity index is 2.35. The van der Waals surface area contributed by atoms with Crippen molar-refractivity contribution in [3.05, 3.63) is 53.6 Å². The van der Waals surface area contributed by atoms with Gasteiger partial charge in [0, 0.05) is 6.07 Å². The number of anilines is 1. The van der Waals surface area contributed by atoms with E-state index in [0.717, 1.165) is 0 Å². The topological polar surface area (TPSA) is 73.9 Å². The molecule has 0 unspecified atom stereocenters. The molecule has 1 amide bonds. The maximum atomic E-state index is 12.5. The third-order valence-corrected chi connectivity index (χ3v) is 3.23. The summed E-state index contributed by atoms with van der Waals surface area (Å²) in [6.07, 6.45) is 0. The molecule has 6 heteroatoms. The molecule has 0 saturated carbocycles. The smallest absolute Gasteiger partial charge is 0.338 e. The van der Waals surface area contributed by atoms with E-state index in [4.69, 9.17) is 14.2 Å². The molecule has 0 saturated heterocycles. The largest absolute Gasteiger partial charge is 0.497 e. The van der Waals surface area contributed by atoms with Gasteiger partial charge < -0.3 is 19.5 Å². The number of rotatable bonds is 5. The Morgan fingerprint density at radius 1 is 0.913 bits per heavy atom. The number of methoxy groups -OCH3 is 3. The SMILES string of the molecule is COC(=O)c1ccccc1C(=O)Nc1cc(OC)ccc1OC. The Hall–Kier alpha value is -3.02. The number of carbonyl (C=O) groups is 2. The molecule has 2 aromatic carbocycles. The Morgan fingerprint density at radius 2 is 1.61 bits per heavy atom. The predicted molar refractivity (Wildman–Crippen MR) is 85.3 cm³/mol. The fraction of sp³-hybridized carbons (Fsp3) is 0.176. The molecule has 0 bridgehead atoms. The molecular weight excluding hydrogens is 298 g/mol. The lowest BCUT2D eigenvalue weighted by Gasteiger charge is -2.13. The molecule has 0 aliphatic heterocycles. The molecule has 0 atom stereocenters. The maximum absolute atomic E-state index is 12.5. The zero-order valence-electron chi connectivity index (χ0n) is 13.1. The van der Waals surface area contributed by atoms with E-state index in [9.17, 15) is 9.59 Å². The fourth-order valence-corrected chi connectivity index (χ4v) is 2.07. The number of nitrogens with one attached hydrogen (secondary N) is 1. The molecule has 120 valence electrons. The summed E-state index contributed by atoms with van der Waals surface area (Å²) in [7, 11) is 4.29. The Morgan fingerprint density at radius 3 is 2.22 bits per heavy atom. The van der Waals surface area contributed by atoms with Gasteiger partial charge in [-0.25, -0.2) is 4.79 Å². The second-order valence-corrected chi connectivity index (χ2v) is 4.56. The first-order valence-electron chi connectivity index (χ1n) is 6.81. The zero-order valence-corrected chi connectivity index (χ0v) is 13.1. The summed E-state index contributed by atoms with van der Waals surface area (Å²) in [5, 5.41) is 2.72. The fourth-order valence-electron chi connectivity index (χ4n) is 2.07. The molecule has 0 fully saturated rings. The molecule has 0 aromatic heterocycles. The van der Waals surface area contributed by atoms with Gasteiger partial charge in [0.1, 0.15) is 11.5 Å². The van der Waals surface area contributed by atoms with Crippen LogP contribution >= 0.6 is 0 Å². The minimum atomic E-state index is -0.576. The van der Waals surface area contributed by atoms with E-state index in [2.05, 4.69) is 5.32 Å². The highest BCUT2D eigenvalue weighted by atomic mass is 16.5. The molecule has 23 heavy (non-hydrogen) atoms. The number of hydrogen-bond acceptors (Lipinski definition) is 5. The van der Waals surface area contributed by atoms with Crippen LogP contribution in [0.25, 0.3) is 0 Å². The lowest BCUT2D eigenvalue weighted by atomic mass is 10.1. The van der Waals surface area contributed by atoms with Gasteiger partial charge in [-0.2, -0.15) is 0 Å². The zero-order chi connectivity index (χ0) is 16.8. The highest BCUT2D eigenvalue weighted by Crippen LogP contribution is 2.29. The summed E-state index contributed by atoms with van der Waals surface area (Å²) in [5.74, 6) is 0.0305. The van der Waals surface area contributed by atoms with Crippen LogP contribution in [0.5, 0.6) is 11.5 Å². The molecular formula is C17H17NO5. The van der Waals surface area contributed by atoms with Gasteiger partial charge in [0.05, 0.1) is 38.1 Å². The van der Waals surface area contributed by atoms with Crippen molar-refractivity contribution in [2.75, 3.05) is 26.6 Å². The lowest BCUT2D eigenvalue weighted by Crippen LogP contribution is -2.17. The monoisotopic (exact) mass is 315 g/mol. The van der Waals surface area contributed by atoms with E-state index in [1.54, 1.807) is 36.4 Å². The van der Waals surface area contributed by atoms with Gasteiger partial charge >= 0.3 is 5.97 Å². The van der Waals surface area contributed by atoms with Crippen molar-refractivity contribution in [1.82, 2.24) is 0 Å². The van der Waals surface area contributed by atoms with E-state index in [0.29, 0.717) is 17.2 Å². The Labute approximate surface area is 134 Å². The van der Waals surface area contributed by atoms with Crippen LogP contribution < -0.4 is 14.8 Å². The summed E-state index contributed by atoms with van der Waals surface area (Å²) >= 11 is 0. The Kier molecular flexibility index (Phi) is 5.19. The van der Waals surface area contributed by atoms with E-state index < -0.39 is 11.9 Å². The van der Waals surface area contributed by atoms with E-state index >= 15 is 0 Å². The van der Waals surface area contributed by atoms with E-state index in [1.165, 1.54) is 27.4 Å². The first-order chi connectivity index (χ1) is 11.1. The van der Waals surface area contributed by atoms with Crippen molar-refractivity contribution >= 4 is 17.6 Å². The van der Waals surface area contributed by atoms with Crippen molar-refractivity contribution in [3.8, 4) is 11.5 Å². The average Bonchev–Trinajstić information content (AvgIpc) is 2.60. The van der Waals surface area contributed by atoms with Crippen molar-refractivity contribution in [2.24, 2.45) is 0 Å². The van der Waals surface area contributed by atoms with Crippen molar-refractivity contribution in [2.45, 2.75) is 0 Å². The number of ether oxygens (including phenoxy) is 3. The second-order valence-electron chi connectivity index (χ2n) is 4.56. The maximum Gasteiger partial charge on any atom is 0.338 e. The normalized spacial score (nSPS) is 9.87. The van der Waals surface area contributed by atoms with Crippen molar-refractivity contribution in [3.63, 3.8) is 0 Å². The molecule has 0 heterocycles. The third kappa shape index (κ3) is 3.60. The average molecular weight is 315 g/mol. The van der Waals surface area contributed by atoms with E-state index in [-0.39, 0.29) is 11.1 Å². The molecule has 2 aromatic rings. The molecule has 0 radical (unpaired) electrons. The summed E-state index contributed by atoms with van der Waals surface area (Å²) in [6, 6.07) is 11.5. The van der Waals surface area contributed by atoms with Crippen LogP contribution in [0.4, 0.5) is 5.69 Å². The number of carbonyl (C=O) groups excluding carboxylic acids is 2. The second kappa shape index (κ2) is 7.31. The van der Waals surface area contributed by atoms with Crippen LogP contribution in [0.2, 0.25) is 0 Å². The molecule has 6 nitrogen and oxygen atoms in total. The minimum Gasteiger partial charge on any atom is -0.497 e. The third-order valence-electron chi connectivity index (χ3n) is 3.23. The van der Waals surface area contributed by atoms with Crippen LogP contribution in [0.3, 0.4) is 0 Å². The van der Waals surface area contributed by atoms with Gasteiger partial charge in [0.25, 0.3) is 5.91 Å². The highest BCUT2D eigenvalue weighted by molar-refractivity contribution is 6.11. The van der Waals surface area contributed by atoms with Gasteiger partial charge in [-0.15, -0.1) is 0 Å². The van der Waals surface area contributed by atoms with E-state index in [1.807, 2.05) is 0 Å². The van der Waals surface area contributed by atoms with Gasteiger partial charge in [0.2, 0.25) is 0 Å². The minimum absolute atomic E-state index is 0.189. The summed E-state index contributed by atoms with van der Waals surface area (Å²) in [6.45, 7) is 0. The van der Waals surface area contributed by atoms with Crippen molar-refractivity contribution in [1.29, 1.82) is 0 Å². The van der Waals surface area contributed by atoms with Crippen LogP contribution in [0.15, 0.2) is 42.5 Å². The lowest BCUT2D eigenvalue weighted by molar-refractivity contribution is 0.0597. The number of hydrogen-bond donors (Lipinski definition) is 1. The van der Waals surface area contributed by atoms with Crippen molar-refractivity contribution < 1.29 is 23.8 Å². The van der Waals surface area contributed by atoms with Crippen LogP contribution in [0.1, 0.15) is 20.7 Å². The van der Waals surface area contributed by atoms with Gasteiger partial charge in [-0.1, -0.05) is 12.1 Å². The van der Waals surface area contributed by atoms with Gasteiger partial charge in [0.15, 0.2) is 0 Å². The van der Waals surface area contributed by atoms with Crippen LogP contribution in [0, 0.1) is 0 Å². The number of esters is 1. The highest BCUT2D eigenvalue weighted by Gasteiger charge is 2.18. The van der Waals surface area contributed by atoms with Gasteiger partial charge in [-0.3, -0.25) is 4.79 Å². The summed E-state index contributed by atoms with van der Waals surface area (Å²) in [5.41, 5.74) is 0.843. The Bertz CT molecular complexity index is 727. The molecule has 0 aliphatic carbocycles. The summed E-state index contributed by atoms with van der Waals surface area (Å²) in [4.78, 5) is 24.3. The van der Waals surface area contributed by atoms with Crippen LogP contribution in [-0.4, -0.2) is 33.2 Å². The molecule has 0 spiro atoms. The first kappa shape index (κ1) is 16.4. The molecule has 2 rings (SSSR count). The molecule has 0 aliphatic rings.